The minimum Gasteiger partial charge on any atom is -0.506 e. The molecule has 2 aromatic rings. The summed E-state index contributed by atoms with van der Waals surface area (Å²) < 4.78 is 39.7. The topological polar surface area (TPSA) is 92.4 Å². The first-order chi connectivity index (χ1) is 9.29. The number of halogens is 1. The van der Waals surface area contributed by atoms with Crippen LogP contribution in [-0.2, 0) is 10.0 Å². The lowest BCUT2D eigenvalue weighted by atomic mass is 10.2. The molecule has 5 nitrogen and oxygen atoms in total. The van der Waals surface area contributed by atoms with E-state index in [0.29, 0.717) is 5.56 Å². The zero-order valence-corrected chi connectivity index (χ0v) is 11.4. The Hall–Kier alpha value is -2.28. The fourth-order valence-electron chi connectivity index (χ4n) is 1.62. The average molecular weight is 296 g/mol. The SMILES string of the molecule is Cc1cc(NS(=O)(=O)c2ccc(O)c(N)c2)ccc1F. The summed E-state index contributed by atoms with van der Waals surface area (Å²) >= 11 is 0. The fourth-order valence-corrected chi connectivity index (χ4v) is 2.71. The summed E-state index contributed by atoms with van der Waals surface area (Å²) in [5.41, 5.74) is 6.00. The number of aryl methyl sites for hydroxylation is 1. The second-order valence-corrected chi connectivity index (χ2v) is 5.97. The van der Waals surface area contributed by atoms with Gasteiger partial charge in [-0.25, -0.2) is 12.8 Å². The van der Waals surface area contributed by atoms with Gasteiger partial charge in [-0.2, -0.15) is 0 Å². The third-order valence-corrected chi connectivity index (χ3v) is 4.10. The predicted octanol–water partition coefficient (Wildman–Crippen LogP) is 2.22. The molecular weight excluding hydrogens is 283 g/mol. The van der Waals surface area contributed by atoms with Crippen LogP contribution in [0.25, 0.3) is 0 Å². The smallest absolute Gasteiger partial charge is 0.261 e. The van der Waals surface area contributed by atoms with E-state index in [2.05, 4.69) is 4.72 Å². The molecule has 0 fully saturated rings. The van der Waals surface area contributed by atoms with E-state index in [9.17, 15) is 17.9 Å². The number of aromatic hydroxyl groups is 1. The minimum absolute atomic E-state index is 0.0387. The van der Waals surface area contributed by atoms with Gasteiger partial charge in [-0.1, -0.05) is 0 Å². The Morgan fingerprint density at radius 2 is 1.90 bits per heavy atom. The molecule has 4 N–H and O–H groups in total. The highest BCUT2D eigenvalue weighted by atomic mass is 32.2. The standard InChI is InChI=1S/C13H13FN2O3S/c1-8-6-9(2-4-11(8)14)16-20(18,19)10-3-5-13(17)12(15)7-10/h2-7,16-17H,15H2,1H3. The van der Waals surface area contributed by atoms with Crippen LogP contribution < -0.4 is 10.5 Å². The molecule has 106 valence electrons. The predicted molar refractivity (Wildman–Crippen MR) is 74.5 cm³/mol. The summed E-state index contributed by atoms with van der Waals surface area (Å²) in [6.07, 6.45) is 0. The van der Waals surface area contributed by atoms with Crippen LogP contribution in [0.3, 0.4) is 0 Å². The normalized spacial score (nSPS) is 11.3. The molecule has 0 saturated heterocycles. The Morgan fingerprint density at radius 1 is 1.20 bits per heavy atom. The van der Waals surface area contributed by atoms with E-state index >= 15 is 0 Å². The molecule has 0 amide bonds. The molecule has 0 atom stereocenters. The zero-order chi connectivity index (χ0) is 14.9. The van der Waals surface area contributed by atoms with Crippen molar-refractivity contribution in [3.8, 4) is 5.75 Å². The van der Waals surface area contributed by atoms with Gasteiger partial charge in [0.05, 0.1) is 10.6 Å². The van der Waals surface area contributed by atoms with E-state index in [1.54, 1.807) is 0 Å². The van der Waals surface area contributed by atoms with E-state index < -0.39 is 15.8 Å². The maximum Gasteiger partial charge on any atom is 0.261 e. The van der Waals surface area contributed by atoms with Crippen molar-refractivity contribution in [2.75, 3.05) is 10.5 Å². The summed E-state index contributed by atoms with van der Waals surface area (Å²) in [6.45, 7) is 1.53. The van der Waals surface area contributed by atoms with Crippen molar-refractivity contribution in [1.82, 2.24) is 0 Å². The van der Waals surface area contributed by atoms with Crippen LogP contribution in [0.4, 0.5) is 15.8 Å². The molecule has 0 bridgehead atoms. The molecule has 2 aromatic carbocycles. The van der Waals surface area contributed by atoms with Crippen molar-refractivity contribution in [3.05, 3.63) is 47.8 Å². The molecule has 0 aliphatic rings. The van der Waals surface area contributed by atoms with Gasteiger partial charge >= 0.3 is 0 Å². The molecule has 0 saturated carbocycles. The number of nitrogens with two attached hydrogens (primary N) is 1. The van der Waals surface area contributed by atoms with Crippen LogP contribution in [0.15, 0.2) is 41.3 Å². The quantitative estimate of drug-likeness (QED) is 0.598. The van der Waals surface area contributed by atoms with Crippen molar-refractivity contribution in [3.63, 3.8) is 0 Å². The van der Waals surface area contributed by atoms with E-state index in [1.807, 2.05) is 0 Å². The van der Waals surface area contributed by atoms with Gasteiger partial charge in [0.25, 0.3) is 10.0 Å². The number of anilines is 2. The monoisotopic (exact) mass is 296 g/mol. The Kier molecular flexibility index (Phi) is 3.54. The Balaban J connectivity index is 2.35. The summed E-state index contributed by atoms with van der Waals surface area (Å²) in [7, 11) is -3.85. The molecule has 0 radical (unpaired) electrons. The van der Waals surface area contributed by atoms with Gasteiger partial charge in [0.2, 0.25) is 0 Å². The number of rotatable bonds is 3. The van der Waals surface area contributed by atoms with Gasteiger partial charge < -0.3 is 10.8 Å². The van der Waals surface area contributed by atoms with Gasteiger partial charge in [0.1, 0.15) is 11.6 Å². The Morgan fingerprint density at radius 3 is 2.50 bits per heavy atom. The fraction of sp³-hybridized carbons (Fsp3) is 0.0769. The molecule has 0 unspecified atom stereocenters. The first-order valence-corrected chi connectivity index (χ1v) is 7.15. The molecule has 7 heteroatoms. The van der Waals surface area contributed by atoms with Gasteiger partial charge in [0, 0.05) is 5.69 Å². The van der Waals surface area contributed by atoms with E-state index in [0.717, 1.165) is 6.07 Å². The number of benzene rings is 2. The lowest BCUT2D eigenvalue weighted by Crippen LogP contribution is -2.13. The summed E-state index contributed by atoms with van der Waals surface area (Å²) in [6, 6.07) is 7.46. The summed E-state index contributed by atoms with van der Waals surface area (Å²) in [4.78, 5) is -0.0882. The number of hydrogen-bond donors (Lipinski definition) is 3. The van der Waals surface area contributed by atoms with Crippen molar-refractivity contribution in [2.45, 2.75) is 11.8 Å². The van der Waals surface area contributed by atoms with Crippen molar-refractivity contribution in [1.29, 1.82) is 0 Å². The summed E-state index contributed by atoms with van der Waals surface area (Å²) in [5, 5.41) is 9.28. The number of phenolic OH excluding ortho intramolecular Hbond substituents is 1. The molecule has 2 rings (SSSR count). The van der Waals surface area contributed by atoms with Crippen LogP contribution >= 0.6 is 0 Å². The van der Waals surface area contributed by atoms with Crippen LogP contribution in [0.2, 0.25) is 0 Å². The van der Waals surface area contributed by atoms with Gasteiger partial charge in [-0.3, -0.25) is 4.72 Å². The number of hydrogen-bond acceptors (Lipinski definition) is 4. The first kappa shape index (κ1) is 14.1. The molecule has 0 heterocycles. The largest absolute Gasteiger partial charge is 0.506 e. The van der Waals surface area contributed by atoms with Gasteiger partial charge in [-0.15, -0.1) is 0 Å². The molecular formula is C13H13FN2O3S. The first-order valence-electron chi connectivity index (χ1n) is 5.67. The van der Waals surface area contributed by atoms with Crippen LogP contribution in [0, 0.1) is 12.7 Å². The number of sulfonamides is 1. The Bertz CT molecular complexity index is 760. The third-order valence-electron chi connectivity index (χ3n) is 2.72. The van der Waals surface area contributed by atoms with Crippen molar-refractivity contribution >= 4 is 21.4 Å². The molecule has 20 heavy (non-hydrogen) atoms. The van der Waals surface area contributed by atoms with Crippen LogP contribution in [0.1, 0.15) is 5.56 Å². The maximum atomic E-state index is 13.1. The van der Waals surface area contributed by atoms with E-state index in [1.165, 1.54) is 37.3 Å². The highest BCUT2D eigenvalue weighted by molar-refractivity contribution is 7.92. The van der Waals surface area contributed by atoms with E-state index in [-0.39, 0.29) is 22.0 Å². The third kappa shape index (κ3) is 2.83. The molecule has 0 aliphatic carbocycles. The lowest BCUT2D eigenvalue weighted by molar-refractivity contribution is 0.477. The maximum absolute atomic E-state index is 13.1. The number of nitrogens with one attached hydrogen (secondary N) is 1. The number of phenols is 1. The van der Waals surface area contributed by atoms with E-state index in [4.69, 9.17) is 5.73 Å². The molecule has 0 aromatic heterocycles. The van der Waals surface area contributed by atoms with Crippen LogP contribution in [0.5, 0.6) is 5.75 Å². The van der Waals surface area contributed by atoms with Crippen LogP contribution in [-0.4, -0.2) is 13.5 Å². The number of nitrogen functional groups attached to an aromatic ring is 1. The second kappa shape index (κ2) is 5.01. The highest BCUT2D eigenvalue weighted by Gasteiger charge is 2.16. The zero-order valence-electron chi connectivity index (χ0n) is 10.6. The molecule has 0 spiro atoms. The highest BCUT2D eigenvalue weighted by Crippen LogP contribution is 2.25. The Labute approximate surface area is 115 Å². The summed E-state index contributed by atoms with van der Waals surface area (Å²) in [5.74, 6) is -0.608. The lowest BCUT2D eigenvalue weighted by Gasteiger charge is -2.10. The van der Waals surface area contributed by atoms with Gasteiger partial charge in [-0.05, 0) is 48.9 Å². The van der Waals surface area contributed by atoms with Crippen molar-refractivity contribution in [2.24, 2.45) is 0 Å². The average Bonchev–Trinajstić information content (AvgIpc) is 2.37. The molecule has 0 aliphatic heterocycles. The minimum atomic E-state index is -3.85. The van der Waals surface area contributed by atoms with Gasteiger partial charge in [0.15, 0.2) is 0 Å². The second-order valence-electron chi connectivity index (χ2n) is 4.29. The van der Waals surface area contributed by atoms with Crippen molar-refractivity contribution < 1.29 is 17.9 Å².